The van der Waals surface area contributed by atoms with Gasteiger partial charge in [0.2, 0.25) is 5.91 Å². The Morgan fingerprint density at radius 2 is 2.11 bits per heavy atom. The van der Waals surface area contributed by atoms with Crippen molar-refractivity contribution in [3.8, 4) is 0 Å². The van der Waals surface area contributed by atoms with Gasteiger partial charge in [-0.3, -0.25) is 4.79 Å². The lowest BCUT2D eigenvalue weighted by Crippen LogP contribution is -2.29. The topological polar surface area (TPSA) is 108 Å². The van der Waals surface area contributed by atoms with Crippen molar-refractivity contribution in [3.63, 3.8) is 0 Å². The highest BCUT2D eigenvalue weighted by Gasteiger charge is 2.28. The van der Waals surface area contributed by atoms with Gasteiger partial charge in [0.1, 0.15) is 0 Å². The van der Waals surface area contributed by atoms with E-state index in [0.717, 1.165) is 0 Å². The fraction of sp³-hybridized carbons (Fsp3) is 0.909. The summed E-state index contributed by atoms with van der Waals surface area (Å²) >= 11 is 0. The predicted molar refractivity (Wildman–Crippen MR) is 67.4 cm³/mol. The number of hydrogen-bond acceptors (Lipinski definition) is 5. The van der Waals surface area contributed by atoms with E-state index in [4.69, 9.17) is 20.1 Å². The van der Waals surface area contributed by atoms with Crippen LogP contribution >= 0.6 is 0 Å². The largest absolute Gasteiger partial charge is 0.394 e. The molecule has 0 aromatic rings. The average molecular weight is 272 g/mol. The van der Waals surface area contributed by atoms with Crippen LogP contribution in [0, 0.1) is 5.92 Å². The Balaban J connectivity index is 2.06. The number of carbonyl (C=O) groups is 1. The van der Waals surface area contributed by atoms with Crippen molar-refractivity contribution < 1.29 is 19.4 Å². The second kappa shape index (κ2) is 9.57. The molecule has 1 aliphatic heterocycles. The maximum absolute atomic E-state index is 11.6. The van der Waals surface area contributed by atoms with Crippen LogP contribution in [0.2, 0.25) is 0 Å². The molecule has 0 spiro atoms. The molecule has 0 bridgehead atoms. The maximum Gasteiger partial charge on any atom is 0.223 e. The first-order valence-electron chi connectivity index (χ1n) is 6.33. The van der Waals surface area contributed by atoms with E-state index < -0.39 is 0 Å². The minimum absolute atomic E-state index is 0.00878. The van der Waals surface area contributed by atoms with E-state index in [0.29, 0.717) is 52.5 Å². The van der Waals surface area contributed by atoms with E-state index in [-0.39, 0.29) is 18.4 Å². The molecule has 1 saturated heterocycles. The summed E-state index contributed by atoms with van der Waals surface area (Å²) in [6.45, 7) is 3.22. The van der Waals surface area contributed by atoms with Crippen molar-refractivity contribution >= 4 is 5.91 Å². The smallest absolute Gasteiger partial charge is 0.223 e. The van der Waals surface area contributed by atoms with Gasteiger partial charge in [-0.15, -0.1) is 0 Å². The molecule has 8 heteroatoms. The molecule has 1 atom stereocenters. The number of hydrogen-bond donors (Lipinski definition) is 1. The second-order valence-corrected chi connectivity index (χ2v) is 4.27. The number of nitrogens with zero attached hydrogens (tertiary/aromatic N) is 4. The minimum atomic E-state index is 0.00878. The zero-order valence-electron chi connectivity index (χ0n) is 10.9. The quantitative estimate of drug-likeness (QED) is 0.264. The van der Waals surface area contributed by atoms with E-state index in [9.17, 15) is 4.79 Å². The molecule has 0 radical (unpaired) electrons. The van der Waals surface area contributed by atoms with Gasteiger partial charge in [-0.05, 0) is 11.4 Å². The molecule has 1 amide bonds. The second-order valence-electron chi connectivity index (χ2n) is 4.27. The molecule has 1 unspecified atom stereocenters. The third-order valence-corrected chi connectivity index (χ3v) is 2.81. The van der Waals surface area contributed by atoms with Gasteiger partial charge in [-0.1, -0.05) is 5.11 Å². The van der Waals surface area contributed by atoms with E-state index in [1.54, 1.807) is 4.90 Å². The lowest BCUT2D eigenvalue weighted by molar-refractivity contribution is -0.128. The van der Waals surface area contributed by atoms with E-state index in [2.05, 4.69) is 10.0 Å². The molecule has 0 aromatic carbocycles. The highest BCUT2D eigenvalue weighted by atomic mass is 16.5. The zero-order valence-corrected chi connectivity index (χ0v) is 10.9. The van der Waals surface area contributed by atoms with Crippen LogP contribution in [0.1, 0.15) is 6.42 Å². The fourth-order valence-electron chi connectivity index (χ4n) is 1.91. The van der Waals surface area contributed by atoms with Crippen molar-refractivity contribution in [1.29, 1.82) is 0 Å². The van der Waals surface area contributed by atoms with Crippen LogP contribution in [0.4, 0.5) is 0 Å². The van der Waals surface area contributed by atoms with Gasteiger partial charge in [0.05, 0.1) is 33.0 Å². The lowest BCUT2D eigenvalue weighted by atomic mass is 10.1. The molecule has 1 fully saturated rings. The lowest BCUT2D eigenvalue weighted by Gasteiger charge is -2.16. The van der Waals surface area contributed by atoms with E-state index in [1.165, 1.54) is 0 Å². The highest BCUT2D eigenvalue weighted by Crippen LogP contribution is 2.17. The first-order valence-corrected chi connectivity index (χ1v) is 6.33. The summed E-state index contributed by atoms with van der Waals surface area (Å²) in [5, 5.41) is 12.0. The summed E-state index contributed by atoms with van der Waals surface area (Å²) in [6.07, 6.45) is 0.443. The number of azide groups is 1. The Morgan fingerprint density at radius 3 is 2.79 bits per heavy atom. The number of aliphatic hydroxyl groups is 1. The summed E-state index contributed by atoms with van der Waals surface area (Å²) in [4.78, 5) is 16.1. The van der Waals surface area contributed by atoms with Crippen LogP contribution in [-0.4, -0.2) is 68.6 Å². The summed E-state index contributed by atoms with van der Waals surface area (Å²) < 4.78 is 10.4. The van der Waals surface area contributed by atoms with Gasteiger partial charge in [0, 0.05) is 31.0 Å². The van der Waals surface area contributed by atoms with Crippen molar-refractivity contribution in [2.24, 2.45) is 11.0 Å². The van der Waals surface area contributed by atoms with Gasteiger partial charge in [-0.2, -0.15) is 0 Å². The van der Waals surface area contributed by atoms with Crippen molar-refractivity contribution in [2.75, 3.05) is 52.7 Å². The standard InChI is InChI=1S/C11H20N4O4/c12-14-13-8-10-7-11(17)15(9-10)1-3-18-5-6-19-4-2-16/h10,16H,1-9H2. The van der Waals surface area contributed by atoms with Gasteiger partial charge < -0.3 is 19.5 Å². The van der Waals surface area contributed by atoms with Gasteiger partial charge in [-0.25, -0.2) is 0 Å². The fourth-order valence-corrected chi connectivity index (χ4v) is 1.91. The molecule has 1 heterocycles. The molecule has 1 N–H and O–H groups in total. The van der Waals surface area contributed by atoms with Crippen molar-refractivity contribution in [2.45, 2.75) is 6.42 Å². The molecule has 1 aliphatic rings. The first kappa shape index (κ1) is 15.7. The van der Waals surface area contributed by atoms with Gasteiger partial charge >= 0.3 is 0 Å². The molecule has 1 rings (SSSR count). The molecule has 0 aromatic heterocycles. The molecule has 8 nitrogen and oxygen atoms in total. The van der Waals surface area contributed by atoms with E-state index in [1.807, 2.05) is 0 Å². The third kappa shape index (κ3) is 6.40. The van der Waals surface area contributed by atoms with Crippen molar-refractivity contribution in [3.05, 3.63) is 10.4 Å². The Kier molecular flexibility index (Phi) is 7.92. The Hall–Kier alpha value is -1.34. The van der Waals surface area contributed by atoms with Crippen LogP contribution in [0.15, 0.2) is 5.11 Å². The summed E-state index contributed by atoms with van der Waals surface area (Å²) in [5.74, 6) is 0.203. The number of ether oxygens (including phenoxy) is 2. The summed E-state index contributed by atoms with van der Waals surface area (Å²) in [6, 6.07) is 0. The molecular weight excluding hydrogens is 252 g/mol. The predicted octanol–water partition coefficient (Wildman–Crippen LogP) is 0.171. The van der Waals surface area contributed by atoms with Crippen LogP contribution in [0.3, 0.4) is 0 Å². The van der Waals surface area contributed by atoms with Crippen LogP contribution in [0.25, 0.3) is 10.4 Å². The minimum Gasteiger partial charge on any atom is -0.394 e. The summed E-state index contributed by atoms with van der Waals surface area (Å²) in [7, 11) is 0. The number of carbonyl (C=O) groups excluding carboxylic acids is 1. The van der Waals surface area contributed by atoms with Crippen LogP contribution in [-0.2, 0) is 14.3 Å². The highest BCUT2D eigenvalue weighted by molar-refractivity contribution is 5.78. The molecule has 108 valence electrons. The van der Waals surface area contributed by atoms with E-state index >= 15 is 0 Å². The molecule has 0 aliphatic carbocycles. The Morgan fingerprint density at radius 1 is 1.37 bits per heavy atom. The Labute approximate surface area is 111 Å². The third-order valence-electron chi connectivity index (χ3n) is 2.81. The number of aliphatic hydroxyl groups excluding tert-OH is 1. The van der Waals surface area contributed by atoms with Crippen LogP contribution in [0.5, 0.6) is 0 Å². The zero-order chi connectivity index (χ0) is 13.9. The maximum atomic E-state index is 11.6. The molecule has 0 saturated carbocycles. The normalized spacial score (nSPS) is 18.7. The molecule has 19 heavy (non-hydrogen) atoms. The SMILES string of the molecule is [N-]=[N+]=NCC1CC(=O)N(CCOCCOCCO)C1. The Bertz CT molecular complexity index is 320. The number of rotatable bonds is 10. The van der Waals surface area contributed by atoms with Crippen LogP contribution < -0.4 is 0 Å². The number of amides is 1. The monoisotopic (exact) mass is 272 g/mol. The average Bonchev–Trinajstić information content (AvgIpc) is 2.76. The first-order chi connectivity index (χ1) is 9.27. The van der Waals surface area contributed by atoms with Gasteiger partial charge in [0.15, 0.2) is 0 Å². The number of likely N-dealkylation sites (tertiary alicyclic amines) is 1. The molecular formula is C11H20N4O4. The van der Waals surface area contributed by atoms with Crippen molar-refractivity contribution in [1.82, 2.24) is 4.90 Å². The summed E-state index contributed by atoms with van der Waals surface area (Å²) in [5.41, 5.74) is 8.23. The van der Waals surface area contributed by atoms with Gasteiger partial charge in [0.25, 0.3) is 0 Å².